The molecule has 0 heterocycles. The van der Waals surface area contributed by atoms with Gasteiger partial charge in [-0.15, -0.1) is 0 Å². The largest absolute Gasteiger partial charge is 0.382 e. The van der Waals surface area contributed by atoms with Crippen LogP contribution < -0.4 is 10.6 Å². The molecule has 0 aliphatic heterocycles. The van der Waals surface area contributed by atoms with Crippen LogP contribution in [0.1, 0.15) is 24.2 Å². The van der Waals surface area contributed by atoms with E-state index in [9.17, 15) is 9.00 Å². The van der Waals surface area contributed by atoms with Crippen LogP contribution in [0.3, 0.4) is 0 Å². The zero-order valence-electron chi connectivity index (χ0n) is 11.0. The Kier molecular flexibility index (Phi) is 5.85. The fraction of sp³-hybridized carbons (Fsp3) is 0.462. The van der Waals surface area contributed by atoms with Gasteiger partial charge in [-0.05, 0) is 26.0 Å². The molecule has 4 nitrogen and oxygen atoms in total. The molecule has 5 heteroatoms. The number of amides is 1. The van der Waals surface area contributed by atoms with Crippen LogP contribution in [0.15, 0.2) is 24.3 Å². The molecule has 1 rings (SSSR count). The van der Waals surface area contributed by atoms with E-state index in [0.717, 1.165) is 5.69 Å². The van der Waals surface area contributed by atoms with E-state index in [-0.39, 0.29) is 11.9 Å². The molecule has 1 aromatic rings. The minimum Gasteiger partial charge on any atom is -0.382 e. The normalized spacial score (nSPS) is 12.2. The minimum absolute atomic E-state index is 0.135. The Labute approximate surface area is 111 Å². The van der Waals surface area contributed by atoms with Gasteiger partial charge in [-0.1, -0.05) is 12.1 Å². The third kappa shape index (κ3) is 4.87. The fourth-order valence-corrected chi connectivity index (χ4v) is 1.91. The highest BCUT2D eigenvalue weighted by Crippen LogP contribution is 2.15. The van der Waals surface area contributed by atoms with Crippen LogP contribution >= 0.6 is 0 Å². The first kappa shape index (κ1) is 14.7. The molecule has 2 N–H and O–H groups in total. The quantitative estimate of drug-likeness (QED) is 0.824. The average molecular weight is 268 g/mol. The van der Waals surface area contributed by atoms with E-state index in [1.165, 1.54) is 0 Å². The summed E-state index contributed by atoms with van der Waals surface area (Å²) in [6.45, 7) is 4.47. The molecule has 0 fully saturated rings. The van der Waals surface area contributed by atoms with Crippen LogP contribution in [-0.4, -0.2) is 34.7 Å². The summed E-state index contributed by atoms with van der Waals surface area (Å²) < 4.78 is 10.9. The molecule has 1 atom stereocenters. The zero-order chi connectivity index (χ0) is 13.5. The van der Waals surface area contributed by atoms with Gasteiger partial charge in [0.05, 0.1) is 5.56 Å². The summed E-state index contributed by atoms with van der Waals surface area (Å²) in [4.78, 5) is 12.0. The van der Waals surface area contributed by atoms with Gasteiger partial charge in [0.2, 0.25) is 0 Å². The number of anilines is 1. The lowest BCUT2D eigenvalue weighted by Gasteiger charge is -2.14. The van der Waals surface area contributed by atoms with E-state index in [4.69, 9.17) is 0 Å². The van der Waals surface area contributed by atoms with Crippen molar-refractivity contribution in [3.8, 4) is 0 Å². The summed E-state index contributed by atoms with van der Waals surface area (Å²) in [5.41, 5.74) is 1.44. The monoisotopic (exact) mass is 268 g/mol. The van der Waals surface area contributed by atoms with Gasteiger partial charge in [0, 0.05) is 41.1 Å². The van der Waals surface area contributed by atoms with Gasteiger partial charge in [-0.3, -0.25) is 9.00 Å². The Hall–Kier alpha value is -1.36. The molecule has 1 aromatic carbocycles. The van der Waals surface area contributed by atoms with Crippen LogP contribution in [-0.2, 0) is 10.8 Å². The highest BCUT2D eigenvalue weighted by atomic mass is 32.2. The maximum atomic E-state index is 12.0. The molecular formula is C13H20N2O2S. The van der Waals surface area contributed by atoms with Gasteiger partial charge in [0.25, 0.3) is 5.91 Å². The number of hydrogen-bond acceptors (Lipinski definition) is 3. The Bertz CT molecular complexity index is 433. The number of carbonyl (C=O) groups excluding carboxylic acids is 1. The second-order valence-electron chi connectivity index (χ2n) is 4.38. The molecule has 0 spiro atoms. The number of para-hydroxylation sites is 1. The van der Waals surface area contributed by atoms with Gasteiger partial charge >= 0.3 is 0 Å². The molecule has 0 saturated carbocycles. The molecule has 18 heavy (non-hydrogen) atoms. The second-order valence-corrected chi connectivity index (χ2v) is 5.93. The van der Waals surface area contributed by atoms with Crippen LogP contribution in [0.25, 0.3) is 0 Å². The Balaban J connectivity index is 2.69. The SMILES string of the molecule is CC(C)Nc1ccccc1C(=O)NCCS(C)=O. The van der Waals surface area contributed by atoms with Crippen molar-refractivity contribution in [1.29, 1.82) is 0 Å². The Morgan fingerprint density at radius 2 is 2.00 bits per heavy atom. The number of benzene rings is 1. The van der Waals surface area contributed by atoms with E-state index < -0.39 is 10.8 Å². The predicted octanol–water partition coefficient (Wildman–Crippen LogP) is 1.62. The lowest BCUT2D eigenvalue weighted by molar-refractivity contribution is 0.0957. The van der Waals surface area contributed by atoms with Gasteiger partial charge in [-0.25, -0.2) is 0 Å². The van der Waals surface area contributed by atoms with Crippen LogP contribution in [0.2, 0.25) is 0 Å². The van der Waals surface area contributed by atoms with Gasteiger partial charge in [0.15, 0.2) is 0 Å². The summed E-state index contributed by atoms with van der Waals surface area (Å²) >= 11 is 0. The lowest BCUT2D eigenvalue weighted by Crippen LogP contribution is -2.28. The highest BCUT2D eigenvalue weighted by molar-refractivity contribution is 7.84. The predicted molar refractivity (Wildman–Crippen MR) is 76.5 cm³/mol. The topological polar surface area (TPSA) is 58.2 Å². The molecule has 0 bridgehead atoms. The van der Waals surface area contributed by atoms with E-state index in [0.29, 0.717) is 17.9 Å². The molecule has 0 radical (unpaired) electrons. The minimum atomic E-state index is -0.883. The molecule has 0 aromatic heterocycles. The fourth-order valence-electron chi connectivity index (χ4n) is 1.52. The van der Waals surface area contributed by atoms with E-state index in [1.54, 1.807) is 12.3 Å². The molecule has 100 valence electrons. The zero-order valence-corrected chi connectivity index (χ0v) is 11.8. The Morgan fingerprint density at radius 3 is 2.61 bits per heavy atom. The maximum absolute atomic E-state index is 12.0. The molecule has 1 unspecified atom stereocenters. The molecule has 1 amide bonds. The molecule has 0 aliphatic carbocycles. The van der Waals surface area contributed by atoms with Crippen molar-refractivity contribution in [2.24, 2.45) is 0 Å². The van der Waals surface area contributed by atoms with Crippen molar-refractivity contribution in [3.63, 3.8) is 0 Å². The summed E-state index contributed by atoms with van der Waals surface area (Å²) in [6.07, 6.45) is 1.63. The molecule has 0 aliphatic rings. The van der Waals surface area contributed by atoms with Gasteiger partial charge < -0.3 is 10.6 Å². The van der Waals surface area contributed by atoms with Crippen molar-refractivity contribution in [2.45, 2.75) is 19.9 Å². The van der Waals surface area contributed by atoms with E-state index in [1.807, 2.05) is 32.0 Å². The average Bonchev–Trinajstić information content (AvgIpc) is 2.28. The number of rotatable bonds is 6. The van der Waals surface area contributed by atoms with Crippen molar-refractivity contribution >= 4 is 22.4 Å². The third-order valence-corrected chi connectivity index (χ3v) is 3.07. The number of nitrogens with one attached hydrogen (secondary N) is 2. The van der Waals surface area contributed by atoms with Crippen molar-refractivity contribution in [3.05, 3.63) is 29.8 Å². The van der Waals surface area contributed by atoms with E-state index >= 15 is 0 Å². The first-order valence-corrected chi connectivity index (χ1v) is 7.67. The third-order valence-electron chi connectivity index (χ3n) is 2.29. The smallest absolute Gasteiger partial charge is 0.253 e. The summed E-state index contributed by atoms with van der Waals surface area (Å²) in [5.74, 6) is 0.343. The number of hydrogen-bond donors (Lipinski definition) is 2. The second kappa shape index (κ2) is 7.16. The summed E-state index contributed by atoms with van der Waals surface area (Å²) in [7, 11) is -0.883. The van der Waals surface area contributed by atoms with Gasteiger partial charge in [-0.2, -0.15) is 0 Å². The maximum Gasteiger partial charge on any atom is 0.253 e. The first-order valence-electron chi connectivity index (χ1n) is 5.94. The van der Waals surface area contributed by atoms with E-state index in [2.05, 4.69) is 10.6 Å². The summed E-state index contributed by atoms with van der Waals surface area (Å²) in [6, 6.07) is 7.65. The standard InChI is InChI=1S/C13H20N2O2S/c1-10(2)15-12-7-5-4-6-11(12)13(16)14-8-9-18(3)17/h4-7,10,15H,8-9H2,1-3H3,(H,14,16). The summed E-state index contributed by atoms with van der Waals surface area (Å²) in [5, 5.41) is 6.00. The first-order chi connectivity index (χ1) is 8.50. The van der Waals surface area contributed by atoms with Crippen molar-refractivity contribution < 1.29 is 9.00 Å². The Morgan fingerprint density at radius 1 is 1.33 bits per heavy atom. The van der Waals surface area contributed by atoms with Crippen LogP contribution in [0, 0.1) is 0 Å². The molecule has 0 saturated heterocycles. The highest BCUT2D eigenvalue weighted by Gasteiger charge is 2.10. The molecular weight excluding hydrogens is 248 g/mol. The number of carbonyl (C=O) groups is 1. The lowest BCUT2D eigenvalue weighted by atomic mass is 10.1. The van der Waals surface area contributed by atoms with Crippen LogP contribution in [0.5, 0.6) is 0 Å². The van der Waals surface area contributed by atoms with Crippen molar-refractivity contribution in [1.82, 2.24) is 5.32 Å². The van der Waals surface area contributed by atoms with Crippen molar-refractivity contribution in [2.75, 3.05) is 23.9 Å². The van der Waals surface area contributed by atoms with Crippen LogP contribution in [0.4, 0.5) is 5.69 Å². The van der Waals surface area contributed by atoms with Gasteiger partial charge in [0.1, 0.15) is 0 Å².